The lowest BCUT2D eigenvalue weighted by atomic mass is 10.1. The summed E-state index contributed by atoms with van der Waals surface area (Å²) in [6, 6.07) is 4.10. The van der Waals surface area contributed by atoms with E-state index in [9.17, 15) is 17.6 Å². The smallest absolute Gasteiger partial charge is 0.389 e. The average Bonchev–Trinajstić information content (AvgIpc) is 2.23. The maximum atomic E-state index is 13.5. The molecule has 2 nitrogen and oxygen atoms in total. The van der Waals surface area contributed by atoms with Crippen LogP contribution in [0.1, 0.15) is 18.4 Å². The van der Waals surface area contributed by atoms with E-state index in [1.54, 1.807) is 0 Å². The third-order valence-corrected chi connectivity index (χ3v) is 2.64. The second-order valence-electron chi connectivity index (χ2n) is 3.26. The third kappa shape index (κ3) is 3.99. The van der Waals surface area contributed by atoms with E-state index >= 15 is 0 Å². The fourth-order valence-corrected chi connectivity index (χ4v) is 1.59. The number of rotatable bonds is 3. The van der Waals surface area contributed by atoms with E-state index in [4.69, 9.17) is 5.21 Å². The molecule has 94 valence electrons. The monoisotopic (exact) mass is 313 g/mol. The highest BCUT2D eigenvalue weighted by molar-refractivity contribution is 9.10. The van der Waals surface area contributed by atoms with Crippen molar-refractivity contribution in [3.8, 4) is 0 Å². The summed E-state index contributed by atoms with van der Waals surface area (Å²) < 4.78 is 49.7. The van der Waals surface area contributed by atoms with E-state index in [0.29, 0.717) is 0 Å². The summed E-state index contributed by atoms with van der Waals surface area (Å²) in [7, 11) is 0. The average molecular weight is 314 g/mol. The quantitative estimate of drug-likeness (QED) is 0.387. The van der Waals surface area contributed by atoms with Crippen molar-refractivity contribution in [1.29, 1.82) is 0 Å². The lowest BCUT2D eigenvalue weighted by molar-refractivity contribution is -0.132. The summed E-state index contributed by atoms with van der Waals surface area (Å²) >= 11 is 2.90. The van der Waals surface area contributed by atoms with Crippen LogP contribution in [-0.2, 0) is 0 Å². The van der Waals surface area contributed by atoms with Gasteiger partial charge in [-0.3, -0.25) is 0 Å². The molecule has 0 aliphatic heterocycles. The van der Waals surface area contributed by atoms with Crippen LogP contribution in [0.2, 0.25) is 0 Å². The minimum atomic E-state index is -4.38. The van der Waals surface area contributed by atoms with Gasteiger partial charge in [-0.15, -0.1) is 0 Å². The molecule has 17 heavy (non-hydrogen) atoms. The predicted octanol–water partition coefficient (Wildman–Crippen LogP) is 4.11. The Balaban J connectivity index is 2.92. The third-order valence-electron chi connectivity index (χ3n) is 2.03. The summed E-state index contributed by atoms with van der Waals surface area (Å²) in [5.41, 5.74) is -0.479. The van der Waals surface area contributed by atoms with Crippen molar-refractivity contribution in [1.82, 2.24) is 0 Å². The van der Waals surface area contributed by atoms with Crippen LogP contribution in [0.3, 0.4) is 0 Å². The molecule has 0 aliphatic carbocycles. The molecule has 1 N–H and O–H groups in total. The van der Waals surface area contributed by atoms with Crippen molar-refractivity contribution in [2.24, 2.45) is 5.16 Å². The minimum Gasteiger partial charge on any atom is -0.411 e. The van der Waals surface area contributed by atoms with Crippen molar-refractivity contribution < 1.29 is 22.8 Å². The van der Waals surface area contributed by atoms with Crippen LogP contribution >= 0.6 is 15.9 Å². The summed E-state index contributed by atoms with van der Waals surface area (Å²) in [4.78, 5) is 0. The van der Waals surface area contributed by atoms with Gasteiger partial charge in [0.25, 0.3) is 0 Å². The van der Waals surface area contributed by atoms with E-state index in [2.05, 4.69) is 21.1 Å². The van der Waals surface area contributed by atoms with Crippen LogP contribution in [0.4, 0.5) is 17.6 Å². The first-order valence-corrected chi connectivity index (χ1v) is 5.36. The number of hydrogen-bond donors (Lipinski definition) is 1. The molecule has 0 aliphatic rings. The number of halogens is 5. The van der Waals surface area contributed by atoms with E-state index in [1.807, 2.05) is 0 Å². The van der Waals surface area contributed by atoms with Crippen molar-refractivity contribution in [3.05, 3.63) is 34.1 Å². The molecule has 0 bridgehead atoms. The van der Waals surface area contributed by atoms with Gasteiger partial charge in [-0.25, -0.2) is 4.39 Å². The van der Waals surface area contributed by atoms with Gasteiger partial charge in [0, 0.05) is 18.4 Å². The predicted molar refractivity (Wildman–Crippen MR) is 57.7 cm³/mol. The number of oxime groups is 1. The Morgan fingerprint density at radius 3 is 2.53 bits per heavy atom. The molecule has 1 aromatic carbocycles. The molecule has 0 spiro atoms. The number of benzene rings is 1. The molecule has 0 aromatic heterocycles. The Hall–Kier alpha value is -1.11. The molecule has 0 heterocycles. The standard InChI is InChI=1S/C10H8BrF4NO/c11-7-3-1-2-6(9(7)12)8(16-17)4-5-10(13,14)15/h1-3,17H,4-5H2/b16-8-. The molecule has 0 atom stereocenters. The van der Waals surface area contributed by atoms with Gasteiger partial charge in [-0.2, -0.15) is 13.2 Å². The Morgan fingerprint density at radius 1 is 1.35 bits per heavy atom. The van der Waals surface area contributed by atoms with E-state index < -0.39 is 24.8 Å². The molecule has 0 amide bonds. The molecular formula is C10H8BrF4NO. The Morgan fingerprint density at radius 2 is 2.00 bits per heavy atom. The van der Waals surface area contributed by atoms with E-state index in [0.717, 1.165) is 0 Å². The SMILES string of the molecule is O/N=C(/CCC(F)(F)F)c1cccc(Br)c1F. The van der Waals surface area contributed by atoms with Crippen LogP contribution in [0, 0.1) is 5.82 Å². The van der Waals surface area contributed by atoms with Crippen LogP contribution in [0.25, 0.3) is 0 Å². The van der Waals surface area contributed by atoms with E-state index in [-0.39, 0.29) is 15.7 Å². The van der Waals surface area contributed by atoms with Crippen molar-refractivity contribution in [3.63, 3.8) is 0 Å². The van der Waals surface area contributed by atoms with Gasteiger partial charge in [-0.05, 0) is 28.1 Å². The zero-order valence-electron chi connectivity index (χ0n) is 8.43. The maximum Gasteiger partial charge on any atom is 0.389 e. The summed E-state index contributed by atoms with van der Waals surface area (Å²) in [5.74, 6) is -0.748. The van der Waals surface area contributed by atoms with Crippen molar-refractivity contribution in [2.45, 2.75) is 19.0 Å². The highest BCUT2D eigenvalue weighted by Gasteiger charge is 2.28. The summed E-state index contributed by atoms with van der Waals surface area (Å²) in [6.07, 6.45) is -6.12. The zero-order chi connectivity index (χ0) is 13.1. The lowest BCUT2D eigenvalue weighted by Crippen LogP contribution is -2.12. The van der Waals surface area contributed by atoms with E-state index in [1.165, 1.54) is 18.2 Å². The first-order chi connectivity index (χ1) is 7.85. The Bertz CT molecular complexity index is 431. The molecule has 0 saturated heterocycles. The largest absolute Gasteiger partial charge is 0.411 e. The summed E-state index contributed by atoms with van der Waals surface area (Å²) in [5, 5.41) is 11.3. The first-order valence-electron chi connectivity index (χ1n) is 4.57. The second-order valence-corrected chi connectivity index (χ2v) is 4.12. The van der Waals surface area contributed by atoms with Gasteiger partial charge in [0.15, 0.2) is 0 Å². The topological polar surface area (TPSA) is 32.6 Å². The second kappa shape index (κ2) is 5.48. The Kier molecular flexibility index (Phi) is 4.50. The maximum absolute atomic E-state index is 13.5. The first kappa shape index (κ1) is 14.0. The molecule has 7 heteroatoms. The fourth-order valence-electron chi connectivity index (χ4n) is 1.23. The van der Waals surface area contributed by atoms with Crippen molar-refractivity contribution in [2.75, 3.05) is 0 Å². The number of hydrogen-bond acceptors (Lipinski definition) is 2. The number of nitrogens with zero attached hydrogens (tertiary/aromatic N) is 1. The molecule has 1 rings (SSSR count). The highest BCUT2D eigenvalue weighted by Crippen LogP contribution is 2.25. The van der Waals surface area contributed by atoms with Crippen molar-refractivity contribution >= 4 is 21.6 Å². The van der Waals surface area contributed by atoms with Gasteiger partial charge >= 0.3 is 6.18 Å². The molecule has 0 fully saturated rings. The molecule has 1 aromatic rings. The molecular weight excluding hydrogens is 306 g/mol. The number of alkyl halides is 3. The van der Waals surface area contributed by atoms with Gasteiger partial charge in [0.05, 0.1) is 10.2 Å². The fraction of sp³-hybridized carbons (Fsp3) is 0.300. The van der Waals surface area contributed by atoms with Crippen LogP contribution in [0.5, 0.6) is 0 Å². The zero-order valence-corrected chi connectivity index (χ0v) is 10.0. The van der Waals surface area contributed by atoms with Gasteiger partial charge in [0.2, 0.25) is 0 Å². The van der Waals surface area contributed by atoms with Gasteiger partial charge in [-0.1, -0.05) is 11.2 Å². The Labute approximate surface area is 103 Å². The molecule has 0 unspecified atom stereocenters. The van der Waals surface area contributed by atoms with Gasteiger partial charge in [0.1, 0.15) is 5.82 Å². The lowest BCUT2D eigenvalue weighted by Gasteiger charge is -2.09. The highest BCUT2D eigenvalue weighted by atomic mass is 79.9. The summed E-state index contributed by atoms with van der Waals surface area (Å²) in [6.45, 7) is 0. The normalized spacial score (nSPS) is 12.9. The minimum absolute atomic E-state index is 0.100. The van der Waals surface area contributed by atoms with Crippen LogP contribution < -0.4 is 0 Å². The van der Waals surface area contributed by atoms with Gasteiger partial charge < -0.3 is 5.21 Å². The van der Waals surface area contributed by atoms with Crippen LogP contribution in [0.15, 0.2) is 27.8 Å². The van der Waals surface area contributed by atoms with Crippen LogP contribution in [-0.4, -0.2) is 17.1 Å². The molecule has 0 radical (unpaired) electrons. The molecule has 0 saturated carbocycles.